The van der Waals surface area contributed by atoms with Crippen LogP contribution in [0.1, 0.15) is 42.9 Å². The number of rotatable bonds is 3. The lowest BCUT2D eigenvalue weighted by molar-refractivity contribution is -0.125. The maximum atomic E-state index is 12.6. The standard InChI is InChI=1S/C20H24N6O/c1-15-4-6-17-13-16(14-21-20(17)23-15)5-7-19(27)25-10-2-3-18(8-11-25)26-12-9-22-24-26/h5,7,9,12-14,18H,1-4,6,8,10-11H2,(H,21,23)/b7-5+. The zero-order valence-corrected chi connectivity index (χ0v) is 15.3. The Labute approximate surface area is 158 Å². The van der Waals surface area contributed by atoms with Crippen LogP contribution in [-0.2, 0) is 11.2 Å². The lowest BCUT2D eigenvalue weighted by Crippen LogP contribution is -2.30. The molecule has 2 aliphatic heterocycles. The van der Waals surface area contributed by atoms with Crippen molar-refractivity contribution in [2.24, 2.45) is 0 Å². The third kappa shape index (κ3) is 4.07. The van der Waals surface area contributed by atoms with Crippen molar-refractivity contribution in [2.75, 3.05) is 18.4 Å². The molecule has 1 fully saturated rings. The van der Waals surface area contributed by atoms with E-state index in [4.69, 9.17) is 0 Å². The lowest BCUT2D eigenvalue weighted by atomic mass is 10.0. The van der Waals surface area contributed by atoms with E-state index in [9.17, 15) is 4.79 Å². The van der Waals surface area contributed by atoms with E-state index in [0.717, 1.165) is 62.3 Å². The van der Waals surface area contributed by atoms with Crippen molar-refractivity contribution in [1.82, 2.24) is 24.9 Å². The summed E-state index contributed by atoms with van der Waals surface area (Å²) >= 11 is 0. The Balaban J connectivity index is 1.38. The molecule has 0 spiro atoms. The smallest absolute Gasteiger partial charge is 0.246 e. The van der Waals surface area contributed by atoms with Gasteiger partial charge in [-0.15, -0.1) is 5.10 Å². The molecule has 0 saturated carbocycles. The van der Waals surface area contributed by atoms with Crippen LogP contribution in [0.4, 0.5) is 5.82 Å². The Morgan fingerprint density at radius 1 is 1.30 bits per heavy atom. The van der Waals surface area contributed by atoms with Crippen molar-refractivity contribution in [1.29, 1.82) is 0 Å². The van der Waals surface area contributed by atoms with Crippen LogP contribution in [0.5, 0.6) is 0 Å². The number of aryl methyl sites for hydroxylation is 1. The summed E-state index contributed by atoms with van der Waals surface area (Å²) in [5.41, 5.74) is 3.12. The number of nitrogens with one attached hydrogen (secondary N) is 1. The van der Waals surface area contributed by atoms with E-state index in [-0.39, 0.29) is 5.91 Å². The summed E-state index contributed by atoms with van der Waals surface area (Å²) in [6.45, 7) is 5.47. The minimum absolute atomic E-state index is 0.0541. The highest BCUT2D eigenvalue weighted by Gasteiger charge is 2.21. The first-order valence-corrected chi connectivity index (χ1v) is 9.45. The van der Waals surface area contributed by atoms with Crippen LogP contribution in [-0.4, -0.2) is 43.9 Å². The molecule has 0 radical (unpaired) electrons. The Morgan fingerprint density at radius 2 is 2.22 bits per heavy atom. The highest BCUT2D eigenvalue weighted by atomic mass is 16.2. The number of likely N-dealkylation sites (tertiary alicyclic amines) is 1. The molecular weight excluding hydrogens is 340 g/mol. The van der Waals surface area contributed by atoms with E-state index in [1.54, 1.807) is 18.5 Å². The Morgan fingerprint density at radius 3 is 3.07 bits per heavy atom. The van der Waals surface area contributed by atoms with Gasteiger partial charge in [0.05, 0.1) is 12.2 Å². The fourth-order valence-corrected chi connectivity index (χ4v) is 3.69. The third-order valence-electron chi connectivity index (χ3n) is 5.22. The summed E-state index contributed by atoms with van der Waals surface area (Å²) < 4.78 is 1.91. The number of amides is 1. The summed E-state index contributed by atoms with van der Waals surface area (Å²) in [6, 6.07) is 2.41. The van der Waals surface area contributed by atoms with Gasteiger partial charge in [-0.05, 0) is 55.4 Å². The van der Waals surface area contributed by atoms with E-state index < -0.39 is 0 Å². The molecule has 2 aliphatic rings. The summed E-state index contributed by atoms with van der Waals surface area (Å²) in [5.74, 6) is 0.930. The van der Waals surface area contributed by atoms with Gasteiger partial charge in [-0.25, -0.2) is 9.67 Å². The molecule has 0 aromatic carbocycles. The fourth-order valence-electron chi connectivity index (χ4n) is 3.69. The van der Waals surface area contributed by atoms with E-state index in [1.165, 1.54) is 5.56 Å². The highest BCUT2D eigenvalue weighted by Crippen LogP contribution is 2.25. The number of allylic oxidation sites excluding steroid dienone is 1. The zero-order valence-electron chi connectivity index (χ0n) is 15.3. The van der Waals surface area contributed by atoms with Crippen molar-refractivity contribution >= 4 is 17.8 Å². The average molecular weight is 364 g/mol. The van der Waals surface area contributed by atoms with Crippen LogP contribution in [0.3, 0.4) is 0 Å². The van der Waals surface area contributed by atoms with Crippen LogP contribution in [0.25, 0.3) is 6.08 Å². The Hall–Kier alpha value is -2.96. The zero-order chi connectivity index (χ0) is 18.6. The second kappa shape index (κ2) is 7.73. The monoisotopic (exact) mass is 364 g/mol. The first-order valence-electron chi connectivity index (χ1n) is 9.45. The van der Waals surface area contributed by atoms with Gasteiger partial charge in [0.2, 0.25) is 5.91 Å². The average Bonchev–Trinajstić information content (AvgIpc) is 3.10. The van der Waals surface area contributed by atoms with Crippen molar-refractivity contribution in [3.63, 3.8) is 0 Å². The van der Waals surface area contributed by atoms with E-state index in [0.29, 0.717) is 6.04 Å². The topological polar surface area (TPSA) is 75.9 Å². The first kappa shape index (κ1) is 17.5. The van der Waals surface area contributed by atoms with Gasteiger partial charge in [0, 0.05) is 37.3 Å². The highest BCUT2D eigenvalue weighted by molar-refractivity contribution is 5.91. The van der Waals surface area contributed by atoms with E-state index in [2.05, 4.69) is 33.3 Å². The molecule has 1 saturated heterocycles. The first-order chi connectivity index (χ1) is 13.2. The van der Waals surface area contributed by atoms with Crippen molar-refractivity contribution < 1.29 is 4.79 Å². The van der Waals surface area contributed by atoms with Crippen LogP contribution in [0.15, 0.2) is 43.0 Å². The lowest BCUT2D eigenvalue weighted by Gasteiger charge is -2.19. The number of hydrogen-bond acceptors (Lipinski definition) is 5. The van der Waals surface area contributed by atoms with Crippen LogP contribution in [0, 0.1) is 0 Å². The van der Waals surface area contributed by atoms with Crippen LogP contribution in [0.2, 0.25) is 0 Å². The summed E-state index contributed by atoms with van der Waals surface area (Å²) in [6.07, 6.45) is 13.7. The molecule has 2 aromatic rings. The van der Waals surface area contributed by atoms with Gasteiger partial charge >= 0.3 is 0 Å². The normalized spacial score (nSPS) is 20.2. The second-order valence-corrected chi connectivity index (χ2v) is 7.13. The predicted molar refractivity (Wildman–Crippen MR) is 104 cm³/mol. The molecule has 27 heavy (non-hydrogen) atoms. The minimum Gasteiger partial charge on any atom is -0.344 e. The summed E-state index contributed by atoms with van der Waals surface area (Å²) in [5, 5.41) is 11.2. The van der Waals surface area contributed by atoms with Crippen molar-refractivity contribution in [3.05, 3.63) is 54.1 Å². The molecular formula is C20H24N6O. The van der Waals surface area contributed by atoms with Gasteiger partial charge in [-0.3, -0.25) is 4.79 Å². The number of carbonyl (C=O) groups is 1. The molecule has 1 N–H and O–H groups in total. The fraction of sp³-hybridized carbons (Fsp3) is 0.400. The molecule has 140 valence electrons. The predicted octanol–water partition coefficient (Wildman–Crippen LogP) is 2.81. The molecule has 7 heteroatoms. The maximum absolute atomic E-state index is 12.6. The van der Waals surface area contributed by atoms with Gasteiger partial charge in [0.25, 0.3) is 0 Å². The van der Waals surface area contributed by atoms with E-state index >= 15 is 0 Å². The van der Waals surface area contributed by atoms with Crippen molar-refractivity contribution in [2.45, 2.75) is 38.1 Å². The number of hydrogen-bond donors (Lipinski definition) is 1. The quantitative estimate of drug-likeness (QED) is 0.848. The molecule has 2 aromatic heterocycles. The molecule has 7 nitrogen and oxygen atoms in total. The van der Waals surface area contributed by atoms with Gasteiger partial charge in [-0.2, -0.15) is 0 Å². The summed E-state index contributed by atoms with van der Waals surface area (Å²) in [7, 11) is 0. The maximum Gasteiger partial charge on any atom is 0.246 e. The number of anilines is 1. The summed E-state index contributed by atoms with van der Waals surface area (Å²) in [4.78, 5) is 19.0. The van der Waals surface area contributed by atoms with Gasteiger partial charge in [0.1, 0.15) is 5.82 Å². The van der Waals surface area contributed by atoms with Crippen LogP contribution < -0.4 is 5.32 Å². The van der Waals surface area contributed by atoms with Gasteiger partial charge in [-0.1, -0.05) is 11.8 Å². The van der Waals surface area contributed by atoms with Gasteiger partial charge < -0.3 is 10.2 Å². The Kier molecular flexibility index (Phi) is 5.00. The second-order valence-electron chi connectivity index (χ2n) is 7.13. The number of carbonyl (C=O) groups excluding carboxylic acids is 1. The SMILES string of the molecule is C=C1CCc2cc(/C=C/C(=O)N3CCCC(n4ccnn4)CC3)cnc2N1. The minimum atomic E-state index is 0.0541. The van der Waals surface area contributed by atoms with Gasteiger partial charge in [0.15, 0.2) is 0 Å². The number of fused-ring (bicyclic) bond motifs is 1. The number of aromatic nitrogens is 4. The van der Waals surface area contributed by atoms with Crippen molar-refractivity contribution in [3.8, 4) is 0 Å². The largest absolute Gasteiger partial charge is 0.344 e. The molecule has 1 atom stereocenters. The molecule has 1 unspecified atom stereocenters. The Bertz CT molecular complexity index is 857. The van der Waals surface area contributed by atoms with Crippen LogP contribution >= 0.6 is 0 Å². The number of pyridine rings is 1. The third-order valence-corrected chi connectivity index (χ3v) is 5.22. The van der Waals surface area contributed by atoms with E-state index in [1.807, 2.05) is 21.9 Å². The number of nitrogens with zero attached hydrogens (tertiary/aromatic N) is 5. The molecule has 0 aliphatic carbocycles. The molecule has 1 amide bonds. The molecule has 4 rings (SSSR count). The molecule has 0 bridgehead atoms. The molecule has 4 heterocycles.